The normalized spacial score (nSPS) is 11.0. The van der Waals surface area contributed by atoms with Crippen molar-refractivity contribution in [2.45, 2.75) is 6.92 Å². The zero-order valence-electron chi connectivity index (χ0n) is 13.1. The van der Waals surface area contributed by atoms with Crippen molar-refractivity contribution in [3.63, 3.8) is 0 Å². The molecule has 4 aromatic rings. The van der Waals surface area contributed by atoms with Crippen LogP contribution in [0, 0.1) is 0 Å². The van der Waals surface area contributed by atoms with Gasteiger partial charge in [-0.1, -0.05) is 12.1 Å². The number of rotatable bonds is 2. The molecule has 5 nitrogen and oxygen atoms in total. The third-order valence-corrected chi connectivity index (χ3v) is 3.88. The zero-order chi connectivity index (χ0) is 16.5. The summed E-state index contributed by atoms with van der Waals surface area (Å²) in [6.45, 7) is 2.11. The number of ether oxygens (including phenoxy) is 1. The Balaban J connectivity index is 1.87. The molecule has 0 unspecified atom stereocenters. The number of fused-ring (bicyclic) bond motifs is 4. The fourth-order valence-electron chi connectivity index (χ4n) is 2.81. The van der Waals surface area contributed by atoms with E-state index in [2.05, 4.69) is 16.4 Å². The van der Waals surface area contributed by atoms with Crippen molar-refractivity contribution in [2.24, 2.45) is 0 Å². The maximum atomic E-state index is 11.6. The molecule has 2 aromatic heterocycles. The number of carbonyl (C=O) groups is 1. The van der Waals surface area contributed by atoms with Crippen molar-refractivity contribution in [3.05, 3.63) is 54.7 Å². The van der Waals surface area contributed by atoms with Crippen molar-refractivity contribution in [3.8, 4) is 0 Å². The van der Waals surface area contributed by atoms with Crippen LogP contribution in [0.1, 0.15) is 6.92 Å². The van der Waals surface area contributed by atoms with E-state index in [0.717, 1.165) is 32.7 Å². The van der Waals surface area contributed by atoms with Crippen LogP contribution in [-0.4, -0.2) is 22.7 Å². The predicted molar refractivity (Wildman–Crippen MR) is 95.2 cm³/mol. The van der Waals surface area contributed by atoms with Crippen LogP contribution in [0.5, 0.6) is 0 Å². The summed E-state index contributed by atoms with van der Waals surface area (Å²) in [5, 5.41) is 5.80. The third kappa shape index (κ3) is 2.50. The Hall–Kier alpha value is -3.21. The maximum Gasteiger partial charge on any atom is 0.411 e. The molecule has 0 atom stereocenters. The number of carbonyl (C=O) groups excluding carboxylic acids is 1. The van der Waals surface area contributed by atoms with Crippen molar-refractivity contribution in [1.29, 1.82) is 0 Å². The average Bonchev–Trinajstić information content (AvgIpc) is 2.60. The van der Waals surface area contributed by atoms with Gasteiger partial charge in [0.15, 0.2) is 0 Å². The van der Waals surface area contributed by atoms with Crippen molar-refractivity contribution < 1.29 is 9.53 Å². The van der Waals surface area contributed by atoms with Crippen LogP contribution >= 0.6 is 0 Å². The molecule has 24 heavy (non-hydrogen) atoms. The number of nitrogens with one attached hydrogen (secondary N) is 1. The number of hydrogen-bond donors (Lipinski definition) is 1. The first-order valence-corrected chi connectivity index (χ1v) is 7.76. The molecule has 0 bridgehead atoms. The molecule has 0 radical (unpaired) electrons. The van der Waals surface area contributed by atoms with Crippen LogP contribution in [0.25, 0.3) is 32.7 Å². The Kier molecular flexibility index (Phi) is 3.46. The van der Waals surface area contributed by atoms with Crippen LogP contribution in [0.2, 0.25) is 0 Å². The van der Waals surface area contributed by atoms with Gasteiger partial charge >= 0.3 is 6.09 Å². The number of hydrogen-bond acceptors (Lipinski definition) is 4. The van der Waals surface area contributed by atoms with Crippen LogP contribution < -0.4 is 5.32 Å². The molecule has 0 saturated heterocycles. The first-order valence-electron chi connectivity index (χ1n) is 7.76. The highest BCUT2D eigenvalue weighted by atomic mass is 16.5. The highest BCUT2D eigenvalue weighted by molar-refractivity contribution is 6.07. The monoisotopic (exact) mass is 317 g/mol. The topological polar surface area (TPSA) is 64.1 Å². The van der Waals surface area contributed by atoms with Gasteiger partial charge in [0.05, 0.1) is 23.2 Å². The molecule has 0 aliphatic carbocycles. The minimum Gasteiger partial charge on any atom is -0.450 e. The van der Waals surface area contributed by atoms with Gasteiger partial charge in [0.2, 0.25) is 0 Å². The van der Waals surface area contributed by atoms with E-state index in [0.29, 0.717) is 12.3 Å². The van der Waals surface area contributed by atoms with E-state index in [1.54, 1.807) is 13.1 Å². The van der Waals surface area contributed by atoms with E-state index in [9.17, 15) is 4.79 Å². The van der Waals surface area contributed by atoms with E-state index in [1.807, 2.05) is 42.5 Å². The largest absolute Gasteiger partial charge is 0.450 e. The van der Waals surface area contributed by atoms with E-state index in [4.69, 9.17) is 9.72 Å². The number of pyridine rings is 2. The van der Waals surface area contributed by atoms with Gasteiger partial charge in [0.1, 0.15) is 0 Å². The number of anilines is 1. The van der Waals surface area contributed by atoms with Gasteiger partial charge in [-0.25, -0.2) is 9.78 Å². The second-order valence-electron chi connectivity index (χ2n) is 5.45. The van der Waals surface area contributed by atoms with Crippen LogP contribution in [0.3, 0.4) is 0 Å². The molecule has 2 aromatic carbocycles. The number of nitrogens with zero attached hydrogens (tertiary/aromatic N) is 2. The third-order valence-electron chi connectivity index (χ3n) is 3.88. The summed E-state index contributed by atoms with van der Waals surface area (Å²) in [6.07, 6.45) is 1.31. The predicted octanol–water partition coefficient (Wildman–Crippen LogP) is 4.50. The first-order chi connectivity index (χ1) is 11.7. The molecular weight excluding hydrogens is 302 g/mol. The Bertz CT molecular complexity index is 1080. The Morgan fingerprint density at radius 2 is 1.96 bits per heavy atom. The molecule has 0 spiro atoms. The second-order valence-corrected chi connectivity index (χ2v) is 5.45. The molecule has 0 fully saturated rings. The van der Waals surface area contributed by atoms with E-state index < -0.39 is 6.09 Å². The van der Waals surface area contributed by atoms with Gasteiger partial charge in [-0.2, -0.15) is 0 Å². The molecule has 118 valence electrons. The minimum absolute atomic E-state index is 0.335. The first kappa shape index (κ1) is 14.4. The SMILES string of the molecule is CCOC(=O)Nc1ccc2cc3ccc4ncccc4c3nc2c1. The molecule has 0 aliphatic heterocycles. The summed E-state index contributed by atoms with van der Waals surface area (Å²) in [7, 11) is 0. The van der Waals surface area contributed by atoms with Crippen LogP contribution in [0.15, 0.2) is 54.7 Å². The fourth-order valence-corrected chi connectivity index (χ4v) is 2.81. The standard InChI is InChI=1S/C19H15N3O2/c1-2-24-19(23)21-14-7-5-12-10-13-6-8-16-15(4-3-9-20-16)18(13)22-17(12)11-14/h3-11H,2H2,1H3,(H,21,23). The minimum atomic E-state index is -0.465. The molecule has 5 heteroatoms. The Morgan fingerprint density at radius 1 is 1.08 bits per heavy atom. The van der Waals surface area contributed by atoms with Gasteiger partial charge in [-0.15, -0.1) is 0 Å². The lowest BCUT2D eigenvalue weighted by Gasteiger charge is -2.08. The van der Waals surface area contributed by atoms with E-state index in [1.165, 1.54) is 0 Å². The molecule has 0 aliphatic rings. The van der Waals surface area contributed by atoms with Gasteiger partial charge < -0.3 is 4.74 Å². The van der Waals surface area contributed by atoms with Gasteiger partial charge in [-0.3, -0.25) is 10.3 Å². The summed E-state index contributed by atoms with van der Waals surface area (Å²) in [4.78, 5) is 20.7. The molecular formula is C19H15N3O2. The zero-order valence-corrected chi connectivity index (χ0v) is 13.1. The van der Waals surface area contributed by atoms with Crippen molar-refractivity contribution in [1.82, 2.24) is 9.97 Å². The van der Waals surface area contributed by atoms with Gasteiger partial charge in [0.25, 0.3) is 0 Å². The Morgan fingerprint density at radius 3 is 2.83 bits per heavy atom. The molecule has 1 N–H and O–H groups in total. The summed E-state index contributed by atoms with van der Waals surface area (Å²) < 4.78 is 4.91. The van der Waals surface area contributed by atoms with E-state index >= 15 is 0 Å². The van der Waals surface area contributed by atoms with Gasteiger partial charge in [-0.05, 0) is 43.3 Å². The molecule has 1 amide bonds. The summed E-state index contributed by atoms with van der Waals surface area (Å²) in [6, 6.07) is 15.7. The van der Waals surface area contributed by atoms with Crippen LogP contribution in [0.4, 0.5) is 10.5 Å². The second kappa shape index (κ2) is 5.77. The lowest BCUT2D eigenvalue weighted by Crippen LogP contribution is -2.13. The van der Waals surface area contributed by atoms with E-state index in [-0.39, 0.29) is 0 Å². The van der Waals surface area contributed by atoms with Gasteiger partial charge in [0, 0.05) is 28.0 Å². The smallest absolute Gasteiger partial charge is 0.411 e. The maximum absolute atomic E-state index is 11.6. The Labute approximate surface area is 138 Å². The molecule has 4 rings (SSSR count). The van der Waals surface area contributed by atoms with Crippen molar-refractivity contribution >= 4 is 44.5 Å². The summed E-state index contributed by atoms with van der Waals surface area (Å²) in [5.74, 6) is 0. The number of benzene rings is 2. The van der Waals surface area contributed by atoms with Crippen LogP contribution in [-0.2, 0) is 4.74 Å². The molecule has 0 saturated carbocycles. The summed E-state index contributed by atoms with van der Waals surface area (Å²) >= 11 is 0. The van der Waals surface area contributed by atoms with Crippen molar-refractivity contribution in [2.75, 3.05) is 11.9 Å². The highest BCUT2D eigenvalue weighted by Crippen LogP contribution is 2.27. The average molecular weight is 317 g/mol. The number of aromatic nitrogens is 2. The molecule has 2 heterocycles. The lowest BCUT2D eigenvalue weighted by atomic mass is 10.1. The lowest BCUT2D eigenvalue weighted by molar-refractivity contribution is 0.168. The number of amides is 1. The fraction of sp³-hybridized carbons (Fsp3) is 0.105. The quantitative estimate of drug-likeness (QED) is 0.436. The highest BCUT2D eigenvalue weighted by Gasteiger charge is 2.07. The summed E-state index contributed by atoms with van der Waals surface area (Å²) in [5.41, 5.74) is 3.29.